The Bertz CT molecular complexity index is 495. The van der Waals surface area contributed by atoms with E-state index in [1.54, 1.807) is 11.3 Å². The van der Waals surface area contributed by atoms with Gasteiger partial charge in [0, 0.05) is 18.3 Å². The highest BCUT2D eigenvalue weighted by molar-refractivity contribution is 7.13. The molecule has 2 aromatic heterocycles. The molecule has 0 aromatic carbocycles. The van der Waals surface area contributed by atoms with Crippen LogP contribution >= 0.6 is 11.3 Å². The van der Waals surface area contributed by atoms with Crippen LogP contribution in [0.1, 0.15) is 31.5 Å². The van der Waals surface area contributed by atoms with Crippen LogP contribution in [-0.4, -0.2) is 16.5 Å². The van der Waals surface area contributed by atoms with E-state index in [0.29, 0.717) is 0 Å². The van der Waals surface area contributed by atoms with Gasteiger partial charge in [0.1, 0.15) is 5.82 Å². The lowest BCUT2D eigenvalue weighted by molar-refractivity contribution is 0.875. The van der Waals surface area contributed by atoms with Crippen molar-refractivity contribution in [1.82, 2.24) is 9.97 Å². The Hall–Kier alpha value is -1.42. The van der Waals surface area contributed by atoms with Gasteiger partial charge in [-0.15, -0.1) is 11.3 Å². The second kappa shape index (κ2) is 5.96. The number of rotatable bonds is 5. The number of anilines is 1. The number of nitrogens with zero attached hydrogens (tertiary/aromatic N) is 2. The Morgan fingerprint density at radius 3 is 2.72 bits per heavy atom. The molecule has 0 amide bonds. The van der Waals surface area contributed by atoms with Gasteiger partial charge in [0.05, 0.1) is 4.88 Å². The fourth-order valence-electron chi connectivity index (χ4n) is 1.86. The molecule has 2 heterocycles. The monoisotopic (exact) mass is 261 g/mol. The average Bonchev–Trinajstić information content (AvgIpc) is 2.76. The zero-order valence-corrected chi connectivity index (χ0v) is 12.0. The fraction of sp³-hybridized carbons (Fsp3) is 0.429. The number of hydrogen-bond acceptors (Lipinski definition) is 4. The first-order valence-electron chi connectivity index (χ1n) is 6.40. The van der Waals surface area contributed by atoms with Gasteiger partial charge in [-0.1, -0.05) is 13.3 Å². The molecule has 0 saturated heterocycles. The number of aromatic nitrogens is 2. The van der Waals surface area contributed by atoms with Gasteiger partial charge in [-0.05, 0) is 37.3 Å². The minimum atomic E-state index is 0.851. The third-order valence-electron chi connectivity index (χ3n) is 2.71. The lowest BCUT2D eigenvalue weighted by Crippen LogP contribution is -2.04. The quantitative estimate of drug-likeness (QED) is 0.887. The molecule has 1 N–H and O–H groups in total. The van der Waals surface area contributed by atoms with Crippen LogP contribution in [0.15, 0.2) is 17.5 Å². The highest BCUT2D eigenvalue weighted by Crippen LogP contribution is 2.27. The molecule has 0 unspecified atom stereocenters. The summed E-state index contributed by atoms with van der Waals surface area (Å²) in [5, 5.41) is 5.37. The first-order valence-corrected chi connectivity index (χ1v) is 7.28. The van der Waals surface area contributed by atoms with Gasteiger partial charge < -0.3 is 5.32 Å². The van der Waals surface area contributed by atoms with E-state index in [2.05, 4.69) is 53.6 Å². The maximum absolute atomic E-state index is 4.67. The lowest BCUT2D eigenvalue weighted by atomic mass is 10.2. The molecule has 4 heteroatoms. The fourth-order valence-corrected chi connectivity index (χ4v) is 2.72. The zero-order chi connectivity index (χ0) is 13.0. The predicted molar refractivity (Wildman–Crippen MR) is 78.2 cm³/mol. The van der Waals surface area contributed by atoms with Crippen LogP contribution < -0.4 is 5.32 Å². The van der Waals surface area contributed by atoms with Crippen LogP contribution in [0.2, 0.25) is 0 Å². The third-order valence-corrected chi connectivity index (χ3v) is 3.72. The SMILES string of the molecule is CCCc1cc(NCC)nc(-c2sccc2C)n1. The molecule has 0 aliphatic rings. The van der Waals surface area contributed by atoms with E-state index in [0.717, 1.165) is 36.7 Å². The van der Waals surface area contributed by atoms with Gasteiger partial charge in [0.2, 0.25) is 0 Å². The molecule has 18 heavy (non-hydrogen) atoms. The number of nitrogens with one attached hydrogen (secondary N) is 1. The molecule has 3 nitrogen and oxygen atoms in total. The lowest BCUT2D eigenvalue weighted by Gasteiger charge is -2.08. The second-order valence-electron chi connectivity index (χ2n) is 4.28. The van der Waals surface area contributed by atoms with Gasteiger partial charge in [-0.25, -0.2) is 9.97 Å². The van der Waals surface area contributed by atoms with Crippen LogP contribution in [0, 0.1) is 6.92 Å². The van der Waals surface area contributed by atoms with Crippen LogP contribution in [-0.2, 0) is 6.42 Å². The van der Waals surface area contributed by atoms with E-state index in [-0.39, 0.29) is 0 Å². The topological polar surface area (TPSA) is 37.8 Å². The summed E-state index contributed by atoms with van der Waals surface area (Å²) in [6, 6.07) is 4.17. The van der Waals surface area contributed by atoms with E-state index in [1.165, 1.54) is 10.4 Å². The van der Waals surface area contributed by atoms with Gasteiger partial charge in [0.25, 0.3) is 0 Å². The minimum Gasteiger partial charge on any atom is -0.370 e. The van der Waals surface area contributed by atoms with E-state index in [9.17, 15) is 0 Å². The predicted octanol–water partition coefficient (Wildman–Crippen LogP) is 3.90. The summed E-state index contributed by atoms with van der Waals surface area (Å²) in [6.07, 6.45) is 2.10. The zero-order valence-electron chi connectivity index (χ0n) is 11.2. The average molecular weight is 261 g/mol. The van der Waals surface area contributed by atoms with E-state index in [1.807, 2.05) is 0 Å². The van der Waals surface area contributed by atoms with Crippen molar-refractivity contribution in [3.05, 3.63) is 28.8 Å². The van der Waals surface area contributed by atoms with Crippen LogP contribution in [0.25, 0.3) is 10.7 Å². The molecule has 2 rings (SSSR count). The van der Waals surface area contributed by atoms with Crippen molar-refractivity contribution in [1.29, 1.82) is 0 Å². The summed E-state index contributed by atoms with van der Waals surface area (Å²) in [5.41, 5.74) is 2.36. The summed E-state index contributed by atoms with van der Waals surface area (Å²) in [4.78, 5) is 10.4. The second-order valence-corrected chi connectivity index (χ2v) is 5.20. The molecular formula is C14H19N3S. The van der Waals surface area contributed by atoms with Crippen molar-refractivity contribution in [3.63, 3.8) is 0 Å². The number of aryl methyl sites for hydroxylation is 2. The maximum atomic E-state index is 4.67. The molecule has 0 atom stereocenters. The molecule has 96 valence electrons. The molecular weight excluding hydrogens is 242 g/mol. The standard InChI is InChI=1S/C14H19N3S/c1-4-6-11-9-12(15-5-2)17-14(16-11)13-10(3)7-8-18-13/h7-9H,4-6H2,1-3H3,(H,15,16,17). The first-order chi connectivity index (χ1) is 8.74. The summed E-state index contributed by atoms with van der Waals surface area (Å²) < 4.78 is 0. The normalized spacial score (nSPS) is 10.6. The summed E-state index contributed by atoms with van der Waals surface area (Å²) in [7, 11) is 0. The Balaban J connectivity index is 2.42. The maximum Gasteiger partial charge on any atom is 0.172 e. The highest BCUT2D eigenvalue weighted by atomic mass is 32.1. The van der Waals surface area contributed by atoms with Crippen molar-refractivity contribution >= 4 is 17.2 Å². The smallest absolute Gasteiger partial charge is 0.172 e. The summed E-state index contributed by atoms with van der Waals surface area (Å²) in [6.45, 7) is 7.24. The minimum absolute atomic E-state index is 0.851. The number of hydrogen-bond donors (Lipinski definition) is 1. The van der Waals surface area contributed by atoms with Crippen LogP contribution in [0.3, 0.4) is 0 Å². The summed E-state index contributed by atoms with van der Waals surface area (Å²) in [5.74, 6) is 1.78. The molecule has 0 radical (unpaired) electrons. The Morgan fingerprint density at radius 2 is 2.11 bits per heavy atom. The Kier molecular flexibility index (Phi) is 4.31. The van der Waals surface area contributed by atoms with Crippen LogP contribution in [0.5, 0.6) is 0 Å². The van der Waals surface area contributed by atoms with Gasteiger partial charge in [0.15, 0.2) is 5.82 Å². The molecule has 0 saturated carbocycles. The van der Waals surface area contributed by atoms with Crippen LogP contribution in [0.4, 0.5) is 5.82 Å². The van der Waals surface area contributed by atoms with Crippen molar-refractivity contribution in [2.75, 3.05) is 11.9 Å². The van der Waals surface area contributed by atoms with E-state index in [4.69, 9.17) is 0 Å². The molecule has 0 bridgehead atoms. The van der Waals surface area contributed by atoms with Gasteiger partial charge in [-0.3, -0.25) is 0 Å². The Labute approximate surface area is 112 Å². The van der Waals surface area contributed by atoms with Crippen molar-refractivity contribution in [2.45, 2.75) is 33.6 Å². The molecule has 0 aliphatic heterocycles. The van der Waals surface area contributed by atoms with Gasteiger partial charge in [-0.2, -0.15) is 0 Å². The van der Waals surface area contributed by atoms with Crippen molar-refractivity contribution in [3.8, 4) is 10.7 Å². The number of thiophene rings is 1. The van der Waals surface area contributed by atoms with Gasteiger partial charge >= 0.3 is 0 Å². The molecule has 0 aliphatic carbocycles. The Morgan fingerprint density at radius 1 is 1.28 bits per heavy atom. The van der Waals surface area contributed by atoms with Crippen molar-refractivity contribution in [2.24, 2.45) is 0 Å². The molecule has 0 fully saturated rings. The van der Waals surface area contributed by atoms with E-state index < -0.39 is 0 Å². The highest BCUT2D eigenvalue weighted by Gasteiger charge is 2.09. The first kappa shape index (κ1) is 13.0. The molecule has 0 spiro atoms. The third kappa shape index (κ3) is 2.88. The molecule has 2 aromatic rings. The summed E-state index contributed by atoms with van der Waals surface area (Å²) >= 11 is 1.70. The largest absolute Gasteiger partial charge is 0.370 e. The van der Waals surface area contributed by atoms with E-state index >= 15 is 0 Å². The van der Waals surface area contributed by atoms with Crippen molar-refractivity contribution < 1.29 is 0 Å².